The van der Waals surface area contributed by atoms with Gasteiger partial charge in [0.05, 0.1) is 12.7 Å². The zero-order valence-electron chi connectivity index (χ0n) is 22.5. The first-order valence-electron chi connectivity index (χ1n) is 14.9. The third-order valence-corrected chi connectivity index (χ3v) is 12.6. The molecule has 0 aromatic heterocycles. The summed E-state index contributed by atoms with van der Waals surface area (Å²) in [7, 11) is 0. The quantitative estimate of drug-likeness (QED) is 0.382. The summed E-state index contributed by atoms with van der Waals surface area (Å²) >= 11 is 0. The van der Waals surface area contributed by atoms with Gasteiger partial charge in [0.15, 0.2) is 5.79 Å². The molecular weight excluding hydrogens is 428 g/mol. The molecule has 0 radical (unpaired) electrons. The average molecular weight is 475 g/mol. The summed E-state index contributed by atoms with van der Waals surface area (Å²) in [5.74, 6) is 4.85. The molecule has 2 nitrogen and oxygen atoms in total. The Hall–Kier alpha value is -1.12. The van der Waals surface area contributed by atoms with Gasteiger partial charge in [0.2, 0.25) is 0 Å². The highest BCUT2D eigenvalue weighted by Gasteiger charge is 2.68. The van der Waals surface area contributed by atoms with Crippen molar-refractivity contribution < 1.29 is 9.47 Å². The molecular formula is C33H46O2. The Morgan fingerprint density at radius 1 is 0.914 bits per heavy atom. The molecule has 2 saturated heterocycles. The Balaban J connectivity index is 1.14. The van der Waals surface area contributed by atoms with Gasteiger partial charge in [-0.3, -0.25) is 0 Å². The molecule has 0 amide bonds. The Morgan fingerprint density at radius 3 is 2.51 bits per heavy atom. The second-order valence-corrected chi connectivity index (χ2v) is 14.1. The van der Waals surface area contributed by atoms with Crippen molar-refractivity contribution in [3.63, 3.8) is 0 Å². The highest BCUT2D eigenvalue weighted by molar-refractivity contribution is 5.31. The second-order valence-electron chi connectivity index (χ2n) is 14.1. The standard InChI is InChI=1S/C33H46O2/c1-21-12-17-33(34-20-21)22(2)30-29(35-33)19-28-26-11-10-25-18-24(23-8-6-5-7-9-23)13-15-31(25,3)27(26)14-16-32(28,30)4/h5-10,21-22,24,26-30H,11-20H2,1-4H3/t21?,22-,24?,26+,27-,28-,29-,30-,31-,32-,33+/m0/s1. The minimum atomic E-state index is -0.284. The Labute approximate surface area is 213 Å². The zero-order chi connectivity index (χ0) is 24.0. The van der Waals surface area contributed by atoms with Crippen LogP contribution in [-0.4, -0.2) is 18.5 Å². The molecule has 1 spiro atoms. The molecule has 2 heterocycles. The van der Waals surface area contributed by atoms with Gasteiger partial charge < -0.3 is 9.47 Å². The van der Waals surface area contributed by atoms with Crippen LogP contribution in [0, 0.1) is 46.3 Å². The number of benzene rings is 1. The third kappa shape index (κ3) is 3.21. The normalized spacial score (nSPS) is 52.9. The van der Waals surface area contributed by atoms with Gasteiger partial charge in [-0.1, -0.05) is 69.7 Å². The van der Waals surface area contributed by atoms with E-state index in [0.29, 0.717) is 34.7 Å². The van der Waals surface area contributed by atoms with E-state index in [1.54, 1.807) is 11.1 Å². The monoisotopic (exact) mass is 474 g/mol. The number of hydrogen-bond donors (Lipinski definition) is 0. The van der Waals surface area contributed by atoms with Crippen LogP contribution in [0.4, 0.5) is 0 Å². The summed E-state index contributed by atoms with van der Waals surface area (Å²) in [6.45, 7) is 11.0. The van der Waals surface area contributed by atoms with Crippen molar-refractivity contribution >= 4 is 0 Å². The van der Waals surface area contributed by atoms with Gasteiger partial charge in [-0.2, -0.15) is 0 Å². The number of rotatable bonds is 1. The van der Waals surface area contributed by atoms with Crippen molar-refractivity contribution in [1.82, 2.24) is 0 Å². The van der Waals surface area contributed by atoms with E-state index in [4.69, 9.17) is 9.47 Å². The van der Waals surface area contributed by atoms with Crippen molar-refractivity contribution in [2.75, 3.05) is 6.61 Å². The number of fused-ring (bicyclic) bond motifs is 7. The minimum absolute atomic E-state index is 0.284. The van der Waals surface area contributed by atoms with E-state index in [9.17, 15) is 0 Å². The van der Waals surface area contributed by atoms with Crippen molar-refractivity contribution in [1.29, 1.82) is 0 Å². The van der Waals surface area contributed by atoms with E-state index in [1.807, 2.05) is 0 Å². The number of allylic oxidation sites excluding steroid dienone is 2. The molecule has 7 rings (SSSR count). The molecule has 1 aromatic rings. The predicted octanol–water partition coefficient (Wildman–Crippen LogP) is 8.14. The third-order valence-electron chi connectivity index (χ3n) is 12.6. The first-order chi connectivity index (χ1) is 16.8. The van der Waals surface area contributed by atoms with Gasteiger partial charge in [-0.15, -0.1) is 0 Å². The fourth-order valence-corrected chi connectivity index (χ4v) is 10.7. The fraction of sp³-hybridized carbons (Fsp3) is 0.758. The SMILES string of the molecule is CC1CC[C@@]2(OC1)O[C@H]1C[C@H]3[C@@H]4CC=C5CC(c6ccccc6)CC[C@]5(C)[C@H]4CC[C@]3(C)[C@H]1[C@@H]2C. The Morgan fingerprint density at radius 2 is 1.74 bits per heavy atom. The Bertz CT molecular complexity index is 990. The van der Waals surface area contributed by atoms with E-state index < -0.39 is 0 Å². The molecule has 1 aromatic carbocycles. The van der Waals surface area contributed by atoms with E-state index in [2.05, 4.69) is 64.1 Å². The lowest BCUT2D eigenvalue weighted by molar-refractivity contribution is -0.272. The molecule has 190 valence electrons. The van der Waals surface area contributed by atoms with Gasteiger partial charge in [-0.25, -0.2) is 0 Å². The van der Waals surface area contributed by atoms with Crippen molar-refractivity contribution in [2.45, 2.75) is 103 Å². The molecule has 4 aliphatic carbocycles. The molecule has 35 heavy (non-hydrogen) atoms. The van der Waals surface area contributed by atoms with Crippen LogP contribution in [0.1, 0.15) is 97.0 Å². The van der Waals surface area contributed by atoms with Crippen LogP contribution in [-0.2, 0) is 9.47 Å². The molecule has 2 aliphatic heterocycles. The highest BCUT2D eigenvalue weighted by Crippen LogP contribution is 2.71. The van der Waals surface area contributed by atoms with Gasteiger partial charge in [-0.05, 0) is 103 Å². The first kappa shape index (κ1) is 23.0. The number of ether oxygens (including phenoxy) is 2. The van der Waals surface area contributed by atoms with Crippen molar-refractivity contribution in [2.24, 2.45) is 46.3 Å². The molecule has 5 fully saturated rings. The van der Waals surface area contributed by atoms with Gasteiger partial charge in [0.25, 0.3) is 0 Å². The lowest BCUT2D eigenvalue weighted by atomic mass is 9.46. The summed E-state index contributed by atoms with van der Waals surface area (Å²) in [6.07, 6.45) is 14.9. The smallest absolute Gasteiger partial charge is 0.171 e. The second kappa shape index (κ2) is 7.94. The Kier molecular flexibility index (Phi) is 5.22. The van der Waals surface area contributed by atoms with E-state index in [-0.39, 0.29) is 5.79 Å². The van der Waals surface area contributed by atoms with Crippen LogP contribution in [0.2, 0.25) is 0 Å². The molecule has 3 saturated carbocycles. The van der Waals surface area contributed by atoms with E-state index in [0.717, 1.165) is 36.7 Å². The first-order valence-corrected chi connectivity index (χ1v) is 14.9. The minimum Gasteiger partial charge on any atom is -0.349 e. The lowest BCUT2D eigenvalue weighted by Crippen LogP contribution is -2.52. The molecule has 2 heteroatoms. The summed E-state index contributed by atoms with van der Waals surface area (Å²) < 4.78 is 13.5. The van der Waals surface area contributed by atoms with Crippen molar-refractivity contribution in [3.05, 3.63) is 47.5 Å². The molecule has 6 aliphatic rings. The zero-order valence-corrected chi connectivity index (χ0v) is 22.5. The fourth-order valence-electron chi connectivity index (χ4n) is 10.7. The van der Waals surface area contributed by atoms with Crippen LogP contribution >= 0.6 is 0 Å². The van der Waals surface area contributed by atoms with Crippen LogP contribution in [0.3, 0.4) is 0 Å². The summed E-state index contributed by atoms with van der Waals surface area (Å²) in [4.78, 5) is 0. The van der Waals surface area contributed by atoms with Crippen LogP contribution in [0.5, 0.6) is 0 Å². The summed E-state index contributed by atoms with van der Waals surface area (Å²) in [5, 5.41) is 0. The van der Waals surface area contributed by atoms with Crippen LogP contribution in [0.25, 0.3) is 0 Å². The van der Waals surface area contributed by atoms with Gasteiger partial charge in [0, 0.05) is 12.3 Å². The van der Waals surface area contributed by atoms with Crippen LogP contribution in [0.15, 0.2) is 42.0 Å². The largest absolute Gasteiger partial charge is 0.349 e. The lowest BCUT2D eigenvalue weighted by Gasteiger charge is -2.58. The summed E-state index contributed by atoms with van der Waals surface area (Å²) in [5.41, 5.74) is 4.19. The average Bonchev–Trinajstić information content (AvgIpc) is 3.31. The van der Waals surface area contributed by atoms with E-state index in [1.165, 1.54) is 51.4 Å². The highest BCUT2D eigenvalue weighted by atomic mass is 16.7. The molecule has 0 N–H and O–H groups in total. The maximum atomic E-state index is 6.97. The topological polar surface area (TPSA) is 18.5 Å². The van der Waals surface area contributed by atoms with Crippen molar-refractivity contribution in [3.8, 4) is 0 Å². The number of hydrogen-bond acceptors (Lipinski definition) is 2. The molecule has 0 bridgehead atoms. The van der Waals surface area contributed by atoms with Gasteiger partial charge >= 0.3 is 0 Å². The predicted molar refractivity (Wildman–Crippen MR) is 141 cm³/mol. The molecule has 11 atom stereocenters. The van der Waals surface area contributed by atoms with E-state index >= 15 is 0 Å². The maximum absolute atomic E-state index is 6.97. The summed E-state index contributed by atoms with van der Waals surface area (Å²) in [6, 6.07) is 11.3. The maximum Gasteiger partial charge on any atom is 0.171 e. The molecule has 2 unspecified atom stereocenters. The van der Waals surface area contributed by atoms with Crippen LogP contribution < -0.4 is 0 Å². The van der Waals surface area contributed by atoms with Gasteiger partial charge in [0.1, 0.15) is 0 Å².